The lowest BCUT2D eigenvalue weighted by atomic mass is 10.2. The number of carboxylic acids is 1. The first-order chi connectivity index (χ1) is 8.58. The molecule has 1 aliphatic carbocycles. The summed E-state index contributed by atoms with van der Waals surface area (Å²) in [6, 6.07) is 0.400. The molecule has 0 atom stereocenters. The zero-order valence-electron chi connectivity index (χ0n) is 10.2. The second-order valence-corrected chi connectivity index (χ2v) is 4.31. The smallest absolute Gasteiger partial charge is 0.322 e. The van der Waals surface area contributed by atoms with Crippen molar-refractivity contribution >= 4 is 17.8 Å². The zero-order chi connectivity index (χ0) is 13.4. The summed E-state index contributed by atoms with van der Waals surface area (Å²) in [6.07, 6.45) is 4.56. The molecule has 1 aliphatic rings. The average Bonchev–Trinajstić information content (AvgIpc) is 2.84. The van der Waals surface area contributed by atoms with E-state index in [9.17, 15) is 14.4 Å². The van der Waals surface area contributed by atoms with E-state index in [1.54, 1.807) is 0 Å². The third kappa shape index (κ3) is 6.19. The molecule has 0 saturated heterocycles. The van der Waals surface area contributed by atoms with Crippen molar-refractivity contribution in [3.63, 3.8) is 0 Å². The van der Waals surface area contributed by atoms with E-state index in [1.165, 1.54) is 12.8 Å². The van der Waals surface area contributed by atoms with Crippen LogP contribution in [0.3, 0.4) is 0 Å². The molecule has 0 aromatic rings. The Kier molecular flexibility index (Phi) is 6.13. The van der Waals surface area contributed by atoms with Gasteiger partial charge < -0.3 is 21.1 Å². The van der Waals surface area contributed by atoms with E-state index in [0.717, 1.165) is 12.8 Å². The molecule has 1 saturated carbocycles. The van der Waals surface area contributed by atoms with Crippen molar-refractivity contribution in [2.45, 2.75) is 31.7 Å². The molecule has 0 aliphatic heterocycles. The zero-order valence-corrected chi connectivity index (χ0v) is 10.2. The minimum atomic E-state index is -1.11. The molecule has 0 radical (unpaired) electrons. The number of nitrogens with one attached hydrogen (secondary N) is 3. The van der Waals surface area contributed by atoms with Gasteiger partial charge in [0.2, 0.25) is 11.8 Å². The predicted octanol–water partition coefficient (Wildman–Crippen LogP) is -1.16. The van der Waals surface area contributed by atoms with Crippen LogP contribution in [0.1, 0.15) is 25.7 Å². The first-order valence-electron chi connectivity index (χ1n) is 6.06. The third-order valence-electron chi connectivity index (χ3n) is 2.79. The Morgan fingerprint density at radius 2 is 1.50 bits per heavy atom. The molecule has 0 heterocycles. The summed E-state index contributed by atoms with van der Waals surface area (Å²) >= 11 is 0. The molecule has 18 heavy (non-hydrogen) atoms. The SMILES string of the molecule is O=C(O)CNC(=O)CNC(=O)CNC1CCCC1. The molecule has 2 amide bonds. The first-order valence-corrected chi connectivity index (χ1v) is 6.06. The largest absolute Gasteiger partial charge is 0.480 e. The van der Waals surface area contributed by atoms with Gasteiger partial charge in [0.25, 0.3) is 0 Å². The maximum atomic E-state index is 11.4. The normalized spacial score (nSPS) is 15.3. The minimum absolute atomic E-state index is 0.191. The summed E-state index contributed by atoms with van der Waals surface area (Å²) in [6.45, 7) is -0.440. The summed E-state index contributed by atoms with van der Waals surface area (Å²) in [5, 5.41) is 16.0. The first kappa shape index (κ1) is 14.4. The molecule has 0 unspecified atom stereocenters. The standard InChI is InChI=1S/C11H19N3O4/c15-9(5-12-8-3-1-2-4-8)13-6-10(16)14-7-11(17)18/h8,12H,1-7H2,(H,13,15)(H,14,16)(H,17,18). The van der Waals surface area contributed by atoms with Crippen LogP contribution in [0.2, 0.25) is 0 Å². The van der Waals surface area contributed by atoms with Gasteiger partial charge in [0.05, 0.1) is 13.1 Å². The minimum Gasteiger partial charge on any atom is -0.480 e. The Morgan fingerprint density at radius 1 is 0.944 bits per heavy atom. The van der Waals surface area contributed by atoms with E-state index in [-0.39, 0.29) is 19.0 Å². The van der Waals surface area contributed by atoms with Crippen LogP contribution in [0, 0.1) is 0 Å². The Hall–Kier alpha value is -1.63. The summed E-state index contributed by atoms with van der Waals surface area (Å²) in [7, 11) is 0. The van der Waals surface area contributed by atoms with Crippen LogP contribution in [-0.2, 0) is 14.4 Å². The van der Waals surface area contributed by atoms with Crippen molar-refractivity contribution in [2.75, 3.05) is 19.6 Å². The Bertz CT molecular complexity index is 313. The number of hydrogen-bond donors (Lipinski definition) is 4. The van der Waals surface area contributed by atoms with E-state index in [4.69, 9.17) is 5.11 Å². The number of amides is 2. The molecule has 0 bridgehead atoms. The Labute approximate surface area is 105 Å². The van der Waals surface area contributed by atoms with Crippen LogP contribution in [0.15, 0.2) is 0 Å². The van der Waals surface area contributed by atoms with Gasteiger partial charge in [0.1, 0.15) is 6.54 Å². The monoisotopic (exact) mass is 257 g/mol. The fourth-order valence-corrected chi connectivity index (χ4v) is 1.85. The lowest BCUT2D eigenvalue weighted by Crippen LogP contribution is -2.43. The quantitative estimate of drug-likeness (QED) is 0.460. The number of hydrogen-bond acceptors (Lipinski definition) is 4. The number of aliphatic carboxylic acids is 1. The van der Waals surface area contributed by atoms with E-state index in [0.29, 0.717) is 6.04 Å². The van der Waals surface area contributed by atoms with E-state index in [1.807, 2.05) is 0 Å². The van der Waals surface area contributed by atoms with E-state index < -0.39 is 18.4 Å². The highest BCUT2D eigenvalue weighted by atomic mass is 16.4. The second-order valence-electron chi connectivity index (χ2n) is 4.31. The molecule has 1 fully saturated rings. The van der Waals surface area contributed by atoms with Gasteiger partial charge in [-0.3, -0.25) is 14.4 Å². The van der Waals surface area contributed by atoms with Crippen molar-refractivity contribution in [1.29, 1.82) is 0 Å². The van der Waals surface area contributed by atoms with Crippen LogP contribution >= 0.6 is 0 Å². The van der Waals surface area contributed by atoms with E-state index in [2.05, 4.69) is 16.0 Å². The maximum Gasteiger partial charge on any atom is 0.322 e. The number of carboxylic acid groups (broad SMARTS) is 1. The molecule has 4 N–H and O–H groups in total. The van der Waals surface area contributed by atoms with Crippen LogP contribution < -0.4 is 16.0 Å². The lowest BCUT2D eigenvalue weighted by Gasteiger charge is -2.11. The fourth-order valence-electron chi connectivity index (χ4n) is 1.85. The number of rotatable bonds is 7. The molecule has 1 rings (SSSR count). The molecular weight excluding hydrogens is 238 g/mol. The molecule has 7 nitrogen and oxygen atoms in total. The topological polar surface area (TPSA) is 108 Å². The fraction of sp³-hybridized carbons (Fsp3) is 0.727. The Morgan fingerprint density at radius 3 is 2.11 bits per heavy atom. The molecule has 7 heteroatoms. The van der Waals surface area contributed by atoms with Crippen molar-refractivity contribution in [1.82, 2.24) is 16.0 Å². The summed E-state index contributed by atoms with van der Waals surface area (Å²) in [5.74, 6) is -1.88. The van der Waals surface area contributed by atoms with Crippen molar-refractivity contribution in [3.05, 3.63) is 0 Å². The van der Waals surface area contributed by atoms with Crippen molar-refractivity contribution < 1.29 is 19.5 Å². The summed E-state index contributed by atoms with van der Waals surface area (Å²) in [5.41, 5.74) is 0. The molecule has 0 aromatic heterocycles. The van der Waals surface area contributed by atoms with Gasteiger partial charge in [-0.05, 0) is 12.8 Å². The lowest BCUT2D eigenvalue weighted by molar-refractivity contribution is -0.137. The number of carbonyl (C=O) groups excluding carboxylic acids is 2. The van der Waals surface area contributed by atoms with Gasteiger partial charge in [-0.2, -0.15) is 0 Å². The highest BCUT2D eigenvalue weighted by Crippen LogP contribution is 2.16. The van der Waals surface area contributed by atoms with Gasteiger partial charge in [-0.25, -0.2) is 0 Å². The van der Waals surface area contributed by atoms with Crippen molar-refractivity contribution in [2.24, 2.45) is 0 Å². The molecule has 0 aromatic carbocycles. The van der Waals surface area contributed by atoms with Gasteiger partial charge in [0.15, 0.2) is 0 Å². The van der Waals surface area contributed by atoms with Crippen LogP contribution in [0.4, 0.5) is 0 Å². The summed E-state index contributed by atoms with van der Waals surface area (Å²) < 4.78 is 0. The van der Waals surface area contributed by atoms with E-state index >= 15 is 0 Å². The second kappa shape index (κ2) is 7.65. The highest BCUT2D eigenvalue weighted by Gasteiger charge is 2.15. The van der Waals surface area contributed by atoms with Gasteiger partial charge in [-0.15, -0.1) is 0 Å². The van der Waals surface area contributed by atoms with Crippen molar-refractivity contribution in [3.8, 4) is 0 Å². The van der Waals surface area contributed by atoms with Crippen LogP contribution in [-0.4, -0.2) is 48.6 Å². The molecule has 102 valence electrons. The maximum absolute atomic E-state index is 11.4. The third-order valence-corrected chi connectivity index (χ3v) is 2.79. The average molecular weight is 257 g/mol. The highest BCUT2D eigenvalue weighted by molar-refractivity contribution is 5.87. The van der Waals surface area contributed by atoms with Crippen LogP contribution in [0.5, 0.6) is 0 Å². The number of carbonyl (C=O) groups is 3. The van der Waals surface area contributed by atoms with Gasteiger partial charge in [-0.1, -0.05) is 12.8 Å². The van der Waals surface area contributed by atoms with Gasteiger partial charge >= 0.3 is 5.97 Å². The molecule has 0 spiro atoms. The predicted molar refractivity (Wildman–Crippen MR) is 63.9 cm³/mol. The molecular formula is C11H19N3O4. The van der Waals surface area contributed by atoms with Gasteiger partial charge in [0, 0.05) is 6.04 Å². The Balaban J connectivity index is 2.05. The summed E-state index contributed by atoms with van der Waals surface area (Å²) in [4.78, 5) is 32.7. The van der Waals surface area contributed by atoms with Crippen LogP contribution in [0.25, 0.3) is 0 Å².